The maximum absolute atomic E-state index is 12.3. The van der Waals surface area contributed by atoms with Crippen LogP contribution in [-0.2, 0) is 12.7 Å². The highest BCUT2D eigenvalue weighted by Gasteiger charge is 2.33. The summed E-state index contributed by atoms with van der Waals surface area (Å²) in [6.07, 6.45) is -3.08. The van der Waals surface area contributed by atoms with Crippen LogP contribution >= 0.6 is 11.3 Å². The van der Waals surface area contributed by atoms with Gasteiger partial charge in [-0.2, -0.15) is 18.3 Å². The third kappa shape index (κ3) is 2.41. The van der Waals surface area contributed by atoms with Crippen molar-refractivity contribution in [3.05, 3.63) is 34.0 Å². The maximum atomic E-state index is 12.3. The van der Waals surface area contributed by atoms with E-state index in [1.165, 1.54) is 22.2 Å². The van der Waals surface area contributed by atoms with Crippen LogP contribution in [0.3, 0.4) is 0 Å². The van der Waals surface area contributed by atoms with Crippen LogP contribution in [-0.4, -0.2) is 14.8 Å². The fraction of sp³-hybridized carbons (Fsp3) is 0.333. The minimum Gasteiger partial charge on any atom is -0.266 e. The number of alkyl halides is 3. The average molecular weight is 247 g/mol. The van der Waals surface area contributed by atoms with Crippen LogP contribution in [0.1, 0.15) is 16.4 Å². The third-order valence-corrected chi connectivity index (χ3v) is 2.74. The molecule has 0 bridgehead atoms. The summed E-state index contributed by atoms with van der Waals surface area (Å²) in [7, 11) is 0. The van der Waals surface area contributed by atoms with E-state index in [1.807, 2.05) is 12.3 Å². The van der Waals surface area contributed by atoms with Gasteiger partial charge in [-0.15, -0.1) is 11.3 Å². The molecule has 0 fully saturated rings. The number of thiazole rings is 1. The van der Waals surface area contributed by atoms with Crippen LogP contribution in [0.15, 0.2) is 17.6 Å². The topological polar surface area (TPSA) is 30.7 Å². The smallest absolute Gasteiger partial charge is 0.266 e. The van der Waals surface area contributed by atoms with Crippen molar-refractivity contribution in [2.45, 2.75) is 19.6 Å². The van der Waals surface area contributed by atoms with Crippen molar-refractivity contribution in [2.24, 2.45) is 0 Å². The number of nitrogens with zero attached hydrogens (tertiary/aromatic N) is 3. The fourth-order valence-electron chi connectivity index (χ4n) is 1.25. The molecule has 7 heteroatoms. The molecule has 0 spiro atoms. The van der Waals surface area contributed by atoms with Crippen LogP contribution in [0.5, 0.6) is 0 Å². The molecular formula is C9H8F3N3S. The molecule has 2 aromatic heterocycles. The highest BCUT2D eigenvalue weighted by molar-refractivity contribution is 7.09. The highest BCUT2D eigenvalue weighted by Crippen LogP contribution is 2.27. The monoisotopic (exact) mass is 247 g/mol. The van der Waals surface area contributed by atoms with E-state index in [-0.39, 0.29) is 6.54 Å². The molecule has 0 aromatic carbocycles. The van der Waals surface area contributed by atoms with Crippen molar-refractivity contribution < 1.29 is 13.2 Å². The molecule has 86 valence electrons. The van der Waals surface area contributed by atoms with Gasteiger partial charge in [0.1, 0.15) is 0 Å². The molecule has 2 rings (SSSR count). The maximum Gasteiger partial charge on any atom is 0.435 e. The molecule has 0 saturated heterocycles. The Kier molecular flexibility index (Phi) is 2.71. The zero-order valence-corrected chi connectivity index (χ0v) is 9.14. The molecule has 0 unspecified atom stereocenters. The Labute approximate surface area is 93.5 Å². The average Bonchev–Trinajstić information content (AvgIpc) is 2.74. The molecule has 0 aliphatic carbocycles. The van der Waals surface area contributed by atoms with E-state index in [2.05, 4.69) is 10.1 Å². The summed E-state index contributed by atoms with van der Waals surface area (Å²) in [5.41, 5.74) is -0.154. The van der Waals surface area contributed by atoms with Gasteiger partial charge in [-0.25, -0.2) is 4.98 Å². The Morgan fingerprint density at radius 3 is 2.69 bits per heavy atom. The zero-order valence-electron chi connectivity index (χ0n) is 8.32. The van der Waals surface area contributed by atoms with Gasteiger partial charge in [0.15, 0.2) is 5.69 Å². The second-order valence-corrected chi connectivity index (χ2v) is 4.32. The predicted octanol–water partition coefficient (Wildman–Crippen LogP) is 2.72. The molecule has 0 N–H and O–H groups in total. The van der Waals surface area contributed by atoms with Crippen LogP contribution < -0.4 is 0 Å². The largest absolute Gasteiger partial charge is 0.435 e. The molecule has 0 saturated carbocycles. The van der Waals surface area contributed by atoms with Crippen molar-refractivity contribution in [2.75, 3.05) is 0 Å². The van der Waals surface area contributed by atoms with E-state index >= 15 is 0 Å². The quantitative estimate of drug-likeness (QED) is 0.817. The third-order valence-electron chi connectivity index (χ3n) is 1.92. The molecule has 3 nitrogen and oxygen atoms in total. The Morgan fingerprint density at radius 2 is 2.19 bits per heavy atom. The van der Waals surface area contributed by atoms with Gasteiger partial charge in [0, 0.05) is 11.6 Å². The van der Waals surface area contributed by atoms with Crippen molar-refractivity contribution in [3.8, 4) is 0 Å². The highest BCUT2D eigenvalue weighted by atomic mass is 32.1. The molecule has 2 heterocycles. The molecule has 0 amide bonds. The number of aryl methyl sites for hydroxylation is 1. The lowest BCUT2D eigenvalue weighted by Gasteiger charge is -2.01. The van der Waals surface area contributed by atoms with Crippen molar-refractivity contribution in [1.29, 1.82) is 0 Å². The first kappa shape index (κ1) is 11.1. The van der Waals surface area contributed by atoms with Crippen LogP contribution in [0.25, 0.3) is 0 Å². The zero-order chi connectivity index (χ0) is 11.8. The van der Waals surface area contributed by atoms with E-state index in [0.29, 0.717) is 0 Å². The Morgan fingerprint density at radius 1 is 1.44 bits per heavy atom. The summed E-state index contributed by atoms with van der Waals surface area (Å²) >= 11 is 1.46. The van der Waals surface area contributed by atoms with Gasteiger partial charge in [0.05, 0.1) is 17.2 Å². The molecular weight excluding hydrogens is 239 g/mol. The standard InChI is InChI=1S/C9H8F3N3S/c1-6-13-7(5-16-6)4-15-3-2-8(14-15)9(10,11)12/h2-3,5H,4H2,1H3. The minimum absolute atomic E-state index is 0.264. The van der Waals surface area contributed by atoms with E-state index in [4.69, 9.17) is 0 Å². The van der Waals surface area contributed by atoms with Crippen molar-refractivity contribution in [3.63, 3.8) is 0 Å². The number of hydrogen-bond acceptors (Lipinski definition) is 3. The lowest BCUT2D eigenvalue weighted by atomic mass is 10.4. The lowest BCUT2D eigenvalue weighted by molar-refractivity contribution is -0.141. The van der Waals surface area contributed by atoms with Gasteiger partial charge < -0.3 is 0 Å². The molecule has 0 aliphatic heterocycles. The van der Waals surface area contributed by atoms with E-state index in [0.717, 1.165) is 16.8 Å². The summed E-state index contributed by atoms with van der Waals surface area (Å²) in [6, 6.07) is 0.958. The predicted molar refractivity (Wildman–Crippen MR) is 53.2 cm³/mol. The molecule has 0 radical (unpaired) electrons. The van der Waals surface area contributed by atoms with Crippen LogP contribution in [0.4, 0.5) is 13.2 Å². The van der Waals surface area contributed by atoms with Gasteiger partial charge in [-0.3, -0.25) is 4.68 Å². The first-order valence-electron chi connectivity index (χ1n) is 4.47. The van der Waals surface area contributed by atoms with Gasteiger partial charge in [0.2, 0.25) is 0 Å². The van der Waals surface area contributed by atoms with Crippen LogP contribution in [0, 0.1) is 6.92 Å². The summed E-state index contributed by atoms with van der Waals surface area (Å²) in [5, 5.41) is 6.14. The fourth-order valence-corrected chi connectivity index (χ4v) is 1.85. The Bertz CT molecular complexity index is 486. The second-order valence-electron chi connectivity index (χ2n) is 3.25. The summed E-state index contributed by atoms with van der Waals surface area (Å²) in [4.78, 5) is 4.15. The Balaban J connectivity index is 2.14. The SMILES string of the molecule is Cc1nc(Cn2ccc(C(F)(F)F)n2)cs1. The summed E-state index contributed by atoms with van der Waals surface area (Å²) in [6.45, 7) is 2.11. The molecule has 0 atom stereocenters. The van der Waals surface area contributed by atoms with E-state index < -0.39 is 11.9 Å². The molecule has 2 aromatic rings. The minimum atomic E-state index is -4.39. The Hall–Kier alpha value is -1.37. The lowest BCUT2D eigenvalue weighted by Crippen LogP contribution is -2.08. The van der Waals surface area contributed by atoms with E-state index in [1.54, 1.807) is 0 Å². The molecule has 0 aliphatic rings. The van der Waals surface area contributed by atoms with E-state index in [9.17, 15) is 13.2 Å². The van der Waals surface area contributed by atoms with Crippen LogP contribution in [0.2, 0.25) is 0 Å². The first-order chi connectivity index (χ1) is 7.45. The van der Waals surface area contributed by atoms with Gasteiger partial charge >= 0.3 is 6.18 Å². The first-order valence-corrected chi connectivity index (χ1v) is 5.35. The number of rotatable bonds is 2. The normalized spacial score (nSPS) is 12.0. The molecule has 16 heavy (non-hydrogen) atoms. The number of halogens is 3. The number of aromatic nitrogens is 3. The second kappa shape index (κ2) is 3.89. The van der Waals surface area contributed by atoms with Crippen molar-refractivity contribution in [1.82, 2.24) is 14.8 Å². The van der Waals surface area contributed by atoms with Crippen molar-refractivity contribution >= 4 is 11.3 Å². The van der Waals surface area contributed by atoms with Gasteiger partial charge in [-0.05, 0) is 13.0 Å². The van der Waals surface area contributed by atoms with Gasteiger partial charge in [0.25, 0.3) is 0 Å². The summed E-state index contributed by atoms with van der Waals surface area (Å²) in [5.74, 6) is 0. The van der Waals surface area contributed by atoms with Gasteiger partial charge in [-0.1, -0.05) is 0 Å². The number of hydrogen-bond donors (Lipinski definition) is 0. The summed E-state index contributed by atoms with van der Waals surface area (Å²) < 4.78 is 38.0.